The molecule has 0 aliphatic heterocycles. The van der Waals surface area contributed by atoms with Crippen LogP contribution in [0.5, 0.6) is 5.75 Å². The van der Waals surface area contributed by atoms with Gasteiger partial charge in [0, 0.05) is 16.7 Å². The lowest BCUT2D eigenvalue weighted by atomic mass is 10.1. The number of hydrogen-bond acceptors (Lipinski definition) is 5. The van der Waals surface area contributed by atoms with E-state index in [-0.39, 0.29) is 5.91 Å². The molecule has 0 radical (unpaired) electrons. The number of carbonyl (C=O) groups excluding carboxylic acids is 1. The fourth-order valence-electron chi connectivity index (χ4n) is 3.07. The summed E-state index contributed by atoms with van der Waals surface area (Å²) in [5.41, 5.74) is 3.86. The van der Waals surface area contributed by atoms with Crippen molar-refractivity contribution in [2.75, 3.05) is 11.9 Å². The molecule has 3 aromatic carbocycles. The van der Waals surface area contributed by atoms with Gasteiger partial charge in [-0.2, -0.15) is 0 Å². The number of para-hydroxylation sites is 2. The zero-order valence-corrected chi connectivity index (χ0v) is 16.8. The number of rotatable bonds is 6. The molecule has 6 nitrogen and oxygen atoms in total. The zero-order chi connectivity index (χ0) is 20.9. The number of nitrogens with zero attached hydrogens (tertiary/aromatic N) is 2. The van der Waals surface area contributed by atoms with E-state index in [4.69, 9.17) is 9.15 Å². The van der Waals surface area contributed by atoms with Crippen LogP contribution in [0.3, 0.4) is 0 Å². The Bertz CT molecular complexity index is 1170. The standard InChI is InChI=1S/C24H21N3O3/c1-3-29-21-11-7-6-10-20(21)25-22(28)17-12-14-18(15-13-17)23-26-27-24(30-23)19-9-5-4-8-16(19)2/h4-15H,3H2,1-2H3,(H,25,28). The van der Waals surface area contributed by atoms with Gasteiger partial charge in [0.05, 0.1) is 12.3 Å². The second-order valence-electron chi connectivity index (χ2n) is 6.69. The molecule has 4 rings (SSSR count). The molecule has 4 aromatic rings. The molecule has 0 unspecified atom stereocenters. The summed E-state index contributed by atoms with van der Waals surface area (Å²) in [6.45, 7) is 4.42. The van der Waals surface area contributed by atoms with Crippen molar-refractivity contribution in [2.24, 2.45) is 0 Å². The van der Waals surface area contributed by atoms with Gasteiger partial charge in [0.15, 0.2) is 0 Å². The lowest BCUT2D eigenvalue weighted by Gasteiger charge is -2.11. The van der Waals surface area contributed by atoms with E-state index in [2.05, 4.69) is 15.5 Å². The van der Waals surface area contributed by atoms with Crippen LogP contribution in [0.1, 0.15) is 22.8 Å². The van der Waals surface area contributed by atoms with Crippen LogP contribution in [0, 0.1) is 6.92 Å². The summed E-state index contributed by atoms with van der Waals surface area (Å²) < 4.78 is 11.4. The first kappa shape index (κ1) is 19.4. The van der Waals surface area contributed by atoms with E-state index >= 15 is 0 Å². The number of ether oxygens (including phenoxy) is 1. The van der Waals surface area contributed by atoms with Crippen molar-refractivity contribution < 1.29 is 13.9 Å². The quantitative estimate of drug-likeness (QED) is 0.472. The monoisotopic (exact) mass is 399 g/mol. The van der Waals surface area contributed by atoms with Gasteiger partial charge in [-0.25, -0.2) is 0 Å². The molecule has 1 aromatic heterocycles. The summed E-state index contributed by atoms with van der Waals surface area (Å²) in [6, 6.07) is 22.2. The van der Waals surface area contributed by atoms with Crippen LogP contribution >= 0.6 is 0 Å². The van der Waals surface area contributed by atoms with Gasteiger partial charge in [0.2, 0.25) is 11.8 Å². The van der Waals surface area contributed by atoms with Gasteiger partial charge < -0.3 is 14.5 Å². The van der Waals surface area contributed by atoms with Crippen LogP contribution in [0.2, 0.25) is 0 Å². The molecular formula is C24H21N3O3. The first-order chi connectivity index (χ1) is 14.7. The van der Waals surface area contributed by atoms with E-state index in [0.717, 1.165) is 16.7 Å². The number of carbonyl (C=O) groups is 1. The van der Waals surface area contributed by atoms with Crippen LogP contribution in [0.15, 0.2) is 77.2 Å². The second-order valence-corrected chi connectivity index (χ2v) is 6.69. The number of hydrogen-bond donors (Lipinski definition) is 1. The smallest absolute Gasteiger partial charge is 0.255 e. The van der Waals surface area contributed by atoms with Crippen molar-refractivity contribution in [3.63, 3.8) is 0 Å². The highest BCUT2D eigenvalue weighted by Gasteiger charge is 2.14. The number of anilines is 1. The second kappa shape index (κ2) is 8.61. The number of aryl methyl sites for hydroxylation is 1. The van der Waals surface area contributed by atoms with Gasteiger partial charge >= 0.3 is 0 Å². The Morgan fingerprint density at radius 2 is 1.63 bits per heavy atom. The van der Waals surface area contributed by atoms with E-state index < -0.39 is 0 Å². The molecule has 6 heteroatoms. The molecule has 0 atom stereocenters. The third-order valence-corrected chi connectivity index (χ3v) is 4.63. The summed E-state index contributed by atoms with van der Waals surface area (Å²) in [5, 5.41) is 11.2. The summed E-state index contributed by atoms with van der Waals surface area (Å²) in [6.07, 6.45) is 0. The highest BCUT2D eigenvalue weighted by Crippen LogP contribution is 2.27. The Morgan fingerprint density at radius 1 is 0.933 bits per heavy atom. The van der Waals surface area contributed by atoms with Gasteiger partial charge in [0.25, 0.3) is 5.91 Å². The van der Waals surface area contributed by atoms with E-state index in [0.29, 0.717) is 35.4 Å². The van der Waals surface area contributed by atoms with Gasteiger partial charge in [-0.05, 0) is 61.9 Å². The molecule has 30 heavy (non-hydrogen) atoms. The lowest BCUT2D eigenvalue weighted by Crippen LogP contribution is -2.12. The van der Waals surface area contributed by atoms with E-state index in [1.165, 1.54) is 0 Å². The minimum Gasteiger partial charge on any atom is -0.492 e. The average Bonchev–Trinajstić information content (AvgIpc) is 3.26. The Balaban J connectivity index is 1.51. The van der Waals surface area contributed by atoms with Gasteiger partial charge in [-0.3, -0.25) is 4.79 Å². The van der Waals surface area contributed by atoms with Crippen LogP contribution in [-0.4, -0.2) is 22.7 Å². The molecular weight excluding hydrogens is 378 g/mol. The van der Waals surface area contributed by atoms with Crippen molar-refractivity contribution in [1.82, 2.24) is 10.2 Å². The zero-order valence-electron chi connectivity index (χ0n) is 16.8. The molecule has 0 spiro atoms. The minimum atomic E-state index is -0.222. The summed E-state index contributed by atoms with van der Waals surface area (Å²) in [5.74, 6) is 1.29. The molecule has 0 fully saturated rings. The molecule has 1 amide bonds. The van der Waals surface area contributed by atoms with Crippen molar-refractivity contribution in [3.8, 4) is 28.7 Å². The highest BCUT2D eigenvalue weighted by molar-refractivity contribution is 6.05. The molecule has 0 saturated carbocycles. The third kappa shape index (κ3) is 4.07. The first-order valence-electron chi connectivity index (χ1n) is 9.69. The predicted octanol–water partition coefficient (Wildman–Crippen LogP) is 5.36. The first-order valence-corrected chi connectivity index (χ1v) is 9.69. The SMILES string of the molecule is CCOc1ccccc1NC(=O)c1ccc(-c2nnc(-c3ccccc3C)o2)cc1. The van der Waals surface area contributed by atoms with Crippen LogP contribution in [0.4, 0.5) is 5.69 Å². The van der Waals surface area contributed by atoms with Crippen molar-refractivity contribution in [2.45, 2.75) is 13.8 Å². The molecule has 1 heterocycles. The molecule has 0 saturated heterocycles. The van der Waals surface area contributed by atoms with Crippen LogP contribution < -0.4 is 10.1 Å². The summed E-state index contributed by atoms with van der Waals surface area (Å²) in [4.78, 5) is 12.6. The Morgan fingerprint density at radius 3 is 2.40 bits per heavy atom. The van der Waals surface area contributed by atoms with Crippen molar-refractivity contribution in [1.29, 1.82) is 0 Å². The van der Waals surface area contributed by atoms with Crippen LogP contribution in [-0.2, 0) is 0 Å². The van der Waals surface area contributed by atoms with Gasteiger partial charge in [-0.15, -0.1) is 10.2 Å². The molecule has 0 aliphatic carbocycles. The fraction of sp³-hybridized carbons (Fsp3) is 0.125. The number of amides is 1. The Kier molecular flexibility index (Phi) is 5.57. The highest BCUT2D eigenvalue weighted by atomic mass is 16.5. The molecule has 0 bridgehead atoms. The van der Waals surface area contributed by atoms with Crippen molar-refractivity contribution >= 4 is 11.6 Å². The van der Waals surface area contributed by atoms with Gasteiger partial charge in [0.1, 0.15) is 5.75 Å². The van der Waals surface area contributed by atoms with Crippen LogP contribution in [0.25, 0.3) is 22.9 Å². The minimum absolute atomic E-state index is 0.222. The topological polar surface area (TPSA) is 77.2 Å². The maximum absolute atomic E-state index is 12.6. The molecule has 1 N–H and O–H groups in total. The number of benzene rings is 3. The average molecular weight is 399 g/mol. The Labute approximate surface area is 174 Å². The number of aromatic nitrogens is 2. The summed E-state index contributed by atoms with van der Waals surface area (Å²) in [7, 11) is 0. The largest absolute Gasteiger partial charge is 0.492 e. The van der Waals surface area contributed by atoms with Gasteiger partial charge in [-0.1, -0.05) is 30.3 Å². The van der Waals surface area contributed by atoms with E-state index in [1.54, 1.807) is 24.3 Å². The normalized spacial score (nSPS) is 10.6. The summed E-state index contributed by atoms with van der Waals surface area (Å²) >= 11 is 0. The van der Waals surface area contributed by atoms with Crippen molar-refractivity contribution in [3.05, 3.63) is 83.9 Å². The fourth-order valence-corrected chi connectivity index (χ4v) is 3.07. The lowest BCUT2D eigenvalue weighted by molar-refractivity contribution is 0.102. The predicted molar refractivity (Wildman–Crippen MR) is 115 cm³/mol. The van der Waals surface area contributed by atoms with E-state index in [1.807, 2.05) is 62.4 Å². The molecule has 0 aliphatic rings. The Hall–Kier alpha value is -3.93. The molecule has 150 valence electrons. The maximum atomic E-state index is 12.6. The number of nitrogens with one attached hydrogen (secondary N) is 1. The maximum Gasteiger partial charge on any atom is 0.255 e. The van der Waals surface area contributed by atoms with E-state index in [9.17, 15) is 4.79 Å². The third-order valence-electron chi connectivity index (χ3n) is 4.63.